The summed E-state index contributed by atoms with van der Waals surface area (Å²) in [6, 6.07) is 10.7. The Morgan fingerprint density at radius 2 is 1.67 bits per heavy atom. The molecule has 1 saturated heterocycles. The minimum Gasteiger partial charge on any atom is -0.366 e. The lowest BCUT2D eigenvalue weighted by atomic mass is 9.97. The van der Waals surface area contributed by atoms with E-state index in [4.69, 9.17) is 23.2 Å². The van der Waals surface area contributed by atoms with Crippen molar-refractivity contribution in [1.82, 2.24) is 9.80 Å². The van der Waals surface area contributed by atoms with Crippen molar-refractivity contribution in [2.45, 2.75) is 26.3 Å². The Morgan fingerprint density at radius 3 is 2.30 bits per heavy atom. The van der Waals surface area contributed by atoms with Gasteiger partial charge in [-0.3, -0.25) is 14.5 Å². The summed E-state index contributed by atoms with van der Waals surface area (Å²) >= 11 is 12.4. The monoisotopic (exact) mass is 446 g/mol. The second kappa shape index (κ2) is 8.40. The number of amides is 2. The van der Waals surface area contributed by atoms with Gasteiger partial charge in [0.15, 0.2) is 0 Å². The molecule has 2 aliphatic rings. The van der Waals surface area contributed by atoms with Crippen LogP contribution in [0.25, 0.3) is 5.57 Å². The van der Waals surface area contributed by atoms with Crippen LogP contribution >= 0.6 is 23.2 Å². The molecule has 2 aromatic rings. The molecule has 4 nitrogen and oxygen atoms in total. The predicted octanol–water partition coefficient (Wildman–Crippen LogP) is 5.14. The van der Waals surface area contributed by atoms with Crippen molar-refractivity contribution in [2.75, 3.05) is 13.1 Å². The van der Waals surface area contributed by atoms with Crippen molar-refractivity contribution in [3.05, 3.63) is 75.2 Å². The zero-order chi connectivity index (χ0) is 21.4. The van der Waals surface area contributed by atoms with Gasteiger partial charge in [-0.05, 0) is 48.6 Å². The maximum Gasteiger partial charge on any atom is 0.278 e. The van der Waals surface area contributed by atoms with Crippen LogP contribution in [0.4, 0.5) is 4.39 Å². The number of likely N-dealkylation sites (tertiary alicyclic amines) is 1. The lowest BCUT2D eigenvalue weighted by molar-refractivity contribution is -0.138. The molecule has 0 saturated carbocycles. The van der Waals surface area contributed by atoms with E-state index in [0.717, 1.165) is 12.8 Å². The Hall–Kier alpha value is -2.37. The van der Waals surface area contributed by atoms with Gasteiger partial charge < -0.3 is 4.90 Å². The van der Waals surface area contributed by atoms with Crippen molar-refractivity contribution in [3.8, 4) is 0 Å². The zero-order valence-corrected chi connectivity index (χ0v) is 18.0. The standard InChI is InChI=1S/C23H21Cl2FN2O2/c1-14-8-10-27(11-9-14)21-20(18-7-4-16(24)12-19(18)25)22(29)28(23(21)30)13-15-2-5-17(26)6-3-15/h2-7,12,14H,8-11,13H2,1H3. The van der Waals surface area contributed by atoms with E-state index in [1.54, 1.807) is 30.3 Å². The first-order chi connectivity index (χ1) is 14.3. The minimum atomic E-state index is -0.401. The van der Waals surface area contributed by atoms with Gasteiger partial charge in [0.05, 0.1) is 17.1 Å². The number of halogens is 3. The van der Waals surface area contributed by atoms with Crippen LogP contribution in [0.3, 0.4) is 0 Å². The molecule has 0 bridgehead atoms. The molecule has 156 valence electrons. The SMILES string of the molecule is CC1CCN(C2=C(c3ccc(Cl)cc3Cl)C(=O)N(Cc3ccc(F)cc3)C2=O)CC1. The smallest absolute Gasteiger partial charge is 0.278 e. The summed E-state index contributed by atoms with van der Waals surface area (Å²) < 4.78 is 13.3. The number of nitrogens with zero attached hydrogens (tertiary/aromatic N) is 2. The molecule has 2 heterocycles. The Balaban J connectivity index is 1.75. The molecule has 0 radical (unpaired) electrons. The van der Waals surface area contributed by atoms with E-state index in [1.165, 1.54) is 17.0 Å². The third-order valence-corrected chi connectivity index (χ3v) is 6.25. The van der Waals surface area contributed by atoms with Crippen molar-refractivity contribution in [3.63, 3.8) is 0 Å². The van der Waals surface area contributed by atoms with Crippen LogP contribution in [0.1, 0.15) is 30.9 Å². The van der Waals surface area contributed by atoms with Gasteiger partial charge in [0, 0.05) is 23.7 Å². The van der Waals surface area contributed by atoms with Crippen LogP contribution < -0.4 is 0 Å². The van der Waals surface area contributed by atoms with Crippen molar-refractivity contribution in [1.29, 1.82) is 0 Å². The molecular weight excluding hydrogens is 426 g/mol. The van der Waals surface area contributed by atoms with E-state index in [1.807, 2.05) is 4.90 Å². The summed E-state index contributed by atoms with van der Waals surface area (Å²) in [5, 5.41) is 0.780. The number of hydrogen-bond donors (Lipinski definition) is 0. The third kappa shape index (κ3) is 3.96. The molecule has 0 atom stereocenters. The Bertz CT molecular complexity index is 1030. The van der Waals surface area contributed by atoms with Crippen LogP contribution in [-0.2, 0) is 16.1 Å². The molecule has 4 rings (SSSR count). The molecule has 2 aliphatic heterocycles. The van der Waals surface area contributed by atoms with Crippen LogP contribution in [0, 0.1) is 11.7 Å². The van der Waals surface area contributed by atoms with Gasteiger partial charge in [-0.15, -0.1) is 0 Å². The van der Waals surface area contributed by atoms with Gasteiger partial charge >= 0.3 is 0 Å². The van der Waals surface area contributed by atoms with Crippen LogP contribution in [0.5, 0.6) is 0 Å². The number of carbonyl (C=O) groups is 2. The fourth-order valence-electron chi connectivity index (χ4n) is 3.94. The van der Waals surface area contributed by atoms with Crippen molar-refractivity contribution in [2.24, 2.45) is 5.92 Å². The number of benzene rings is 2. The van der Waals surface area contributed by atoms with Gasteiger partial charge in [-0.1, -0.05) is 48.3 Å². The number of imide groups is 1. The van der Waals surface area contributed by atoms with Gasteiger partial charge in [-0.25, -0.2) is 4.39 Å². The second-order valence-electron chi connectivity index (χ2n) is 7.84. The molecule has 0 aliphatic carbocycles. The number of carbonyl (C=O) groups excluding carboxylic acids is 2. The maximum absolute atomic E-state index is 13.4. The van der Waals surface area contributed by atoms with Crippen LogP contribution in [0.2, 0.25) is 10.0 Å². The Morgan fingerprint density at radius 1 is 1.00 bits per heavy atom. The summed E-state index contributed by atoms with van der Waals surface area (Å²) in [7, 11) is 0. The highest BCUT2D eigenvalue weighted by molar-refractivity contribution is 6.41. The van der Waals surface area contributed by atoms with Gasteiger partial charge in [0.25, 0.3) is 11.8 Å². The quantitative estimate of drug-likeness (QED) is 0.610. The molecule has 30 heavy (non-hydrogen) atoms. The zero-order valence-electron chi connectivity index (χ0n) is 16.5. The third-order valence-electron chi connectivity index (χ3n) is 5.70. The second-order valence-corrected chi connectivity index (χ2v) is 8.68. The molecule has 2 aromatic carbocycles. The average Bonchev–Trinajstić information content (AvgIpc) is 2.95. The van der Waals surface area contributed by atoms with Crippen LogP contribution in [-0.4, -0.2) is 34.7 Å². The highest BCUT2D eigenvalue weighted by Crippen LogP contribution is 2.38. The van der Waals surface area contributed by atoms with E-state index in [-0.39, 0.29) is 18.3 Å². The predicted molar refractivity (Wildman–Crippen MR) is 115 cm³/mol. The summed E-state index contributed by atoms with van der Waals surface area (Å²) in [6.45, 7) is 3.66. The first-order valence-electron chi connectivity index (χ1n) is 9.90. The topological polar surface area (TPSA) is 40.6 Å². The highest BCUT2D eigenvalue weighted by atomic mass is 35.5. The van der Waals surface area contributed by atoms with Crippen LogP contribution in [0.15, 0.2) is 48.2 Å². The Labute approximate surface area is 184 Å². The van der Waals surface area contributed by atoms with Crippen molar-refractivity contribution < 1.29 is 14.0 Å². The lowest BCUT2D eigenvalue weighted by Crippen LogP contribution is -2.38. The molecule has 1 fully saturated rings. The first-order valence-corrected chi connectivity index (χ1v) is 10.7. The first kappa shape index (κ1) is 20.9. The van der Waals surface area contributed by atoms with Gasteiger partial charge in [0.1, 0.15) is 11.5 Å². The molecule has 0 unspecified atom stereocenters. The van der Waals surface area contributed by atoms with E-state index in [0.29, 0.717) is 51.4 Å². The molecule has 2 amide bonds. The largest absolute Gasteiger partial charge is 0.366 e. The van der Waals surface area contributed by atoms with E-state index in [2.05, 4.69) is 6.92 Å². The average molecular weight is 447 g/mol. The molecule has 7 heteroatoms. The molecular formula is C23H21Cl2FN2O2. The number of rotatable bonds is 4. The number of hydrogen-bond acceptors (Lipinski definition) is 3. The van der Waals surface area contributed by atoms with Gasteiger partial charge in [0.2, 0.25) is 0 Å². The normalized spacial score (nSPS) is 18.0. The maximum atomic E-state index is 13.4. The minimum absolute atomic E-state index is 0.0698. The van der Waals surface area contributed by atoms with Crippen molar-refractivity contribution >= 4 is 40.6 Å². The summed E-state index contributed by atoms with van der Waals surface area (Å²) in [5.74, 6) is -0.540. The highest BCUT2D eigenvalue weighted by Gasteiger charge is 2.42. The van der Waals surface area contributed by atoms with E-state index < -0.39 is 5.91 Å². The number of piperidine rings is 1. The summed E-state index contributed by atoms with van der Waals surface area (Å²) in [5.41, 5.74) is 1.86. The molecule has 0 N–H and O–H groups in total. The Kier molecular flexibility index (Phi) is 5.85. The van der Waals surface area contributed by atoms with E-state index in [9.17, 15) is 14.0 Å². The lowest BCUT2D eigenvalue weighted by Gasteiger charge is -2.32. The van der Waals surface area contributed by atoms with Gasteiger partial charge in [-0.2, -0.15) is 0 Å². The molecule has 0 spiro atoms. The van der Waals surface area contributed by atoms with E-state index >= 15 is 0 Å². The summed E-state index contributed by atoms with van der Waals surface area (Å²) in [6.07, 6.45) is 1.90. The molecule has 0 aromatic heterocycles. The summed E-state index contributed by atoms with van der Waals surface area (Å²) in [4.78, 5) is 30.0. The fraction of sp³-hybridized carbons (Fsp3) is 0.304. The fourth-order valence-corrected chi connectivity index (χ4v) is 4.44.